The number of rotatable bonds is 8. The lowest BCUT2D eigenvalue weighted by atomic mass is 10.3. The van der Waals surface area contributed by atoms with E-state index in [1.807, 2.05) is 26.0 Å². The van der Waals surface area contributed by atoms with E-state index in [-0.39, 0.29) is 24.0 Å². The molecule has 1 heterocycles. The van der Waals surface area contributed by atoms with Crippen molar-refractivity contribution in [2.45, 2.75) is 20.4 Å². The van der Waals surface area contributed by atoms with Crippen molar-refractivity contribution in [3.05, 3.63) is 23.9 Å². The standard InChI is InChI=1S/C14H24N4O2.HI/c1-4-15-14(17-9-10-19-3)18-11-12-7-6-8-16-13(12)20-5-2;/h6-8H,4-5,9-11H2,1-3H3,(H2,15,17,18);1H. The molecule has 0 radical (unpaired) electrons. The molecule has 1 aromatic rings. The maximum atomic E-state index is 5.49. The third kappa shape index (κ3) is 8.05. The summed E-state index contributed by atoms with van der Waals surface area (Å²) in [6, 6.07) is 3.86. The minimum Gasteiger partial charge on any atom is -0.478 e. The molecule has 2 N–H and O–H groups in total. The molecule has 6 nitrogen and oxygen atoms in total. The Morgan fingerprint density at radius 1 is 1.33 bits per heavy atom. The second kappa shape index (κ2) is 12.6. The van der Waals surface area contributed by atoms with E-state index in [1.54, 1.807) is 13.3 Å². The Kier molecular flexibility index (Phi) is 12.0. The summed E-state index contributed by atoms with van der Waals surface area (Å²) in [6.07, 6.45) is 1.72. The average molecular weight is 408 g/mol. The van der Waals surface area contributed by atoms with E-state index in [0.717, 1.165) is 18.1 Å². The molecule has 0 aliphatic rings. The Morgan fingerprint density at radius 2 is 2.14 bits per heavy atom. The predicted molar refractivity (Wildman–Crippen MR) is 95.5 cm³/mol. The summed E-state index contributed by atoms with van der Waals surface area (Å²) in [5, 5.41) is 6.38. The number of ether oxygens (including phenoxy) is 2. The molecule has 21 heavy (non-hydrogen) atoms. The number of pyridine rings is 1. The third-order valence-electron chi connectivity index (χ3n) is 2.48. The van der Waals surface area contributed by atoms with Gasteiger partial charge in [0.05, 0.1) is 19.8 Å². The second-order valence-electron chi connectivity index (χ2n) is 4.02. The summed E-state index contributed by atoms with van der Waals surface area (Å²) in [6.45, 7) is 7.26. The maximum absolute atomic E-state index is 5.49. The normalized spacial score (nSPS) is 10.7. The zero-order valence-electron chi connectivity index (χ0n) is 12.9. The average Bonchev–Trinajstić information content (AvgIpc) is 2.46. The van der Waals surface area contributed by atoms with Crippen molar-refractivity contribution in [2.75, 3.05) is 33.4 Å². The van der Waals surface area contributed by atoms with Gasteiger partial charge in [-0.15, -0.1) is 24.0 Å². The van der Waals surface area contributed by atoms with Crippen molar-refractivity contribution < 1.29 is 9.47 Å². The quantitative estimate of drug-likeness (QED) is 0.297. The van der Waals surface area contributed by atoms with Crippen molar-refractivity contribution in [1.29, 1.82) is 0 Å². The number of aromatic nitrogens is 1. The van der Waals surface area contributed by atoms with E-state index in [9.17, 15) is 0 Å². The number of nitrogens with one attached hydrogen (secondary N) is 2. The fourth-order valence-electron chi connectivity index (χ4n) is 1.59. The Labute approximate surface area is 143 Å². The first-order chi connectivity index (χ1) is 9.81. The van der Waals surface area contributed by atoms with Gasteiger partial charge < -0.3 is 20.1 Å². The number of halogens is 1. The molecule has 0 atom stereocenters. The van der Waals surface area contributed by atoms with Crippen LogP contribution in [0.1, 0.15) is 19.4 Å². The van der Waals surface area contributed by atoms with Crippen LogP contribution in [-0.4, -0.2) is 44.4 Å². The summed E-state index contributed by atoms with van der Waals surface area (Å²) in [4.78, 5) is 8.73. The van der Waals surface area contributed by atoms with Gasteiger partial charge in [0, 0.05) is 32.0 Å². The molecule has 0 bridgehead atoms. The molecule has 0 saturated carbocycles. The SMILES string of the molecule is CCNC(=NCc1cccnc1OCC)NCCOC.I. The summed E-state index contributed by atoms with van der Waals surface area (Å²) in [5.74, 6) is 1.40. The minimum atomic E-state index is 0. The fraction of sp³-hybridized carbons (Fsp3) is 0.571. The summed E-state index contributed by atoms with van der Waals surface area (Å²) < 4.78 is 10.5. The Morgan fingerprint density at radius 3 is 2.81 bits per heavy atom. The summed E-state index contributed by atoms with van der Waals surface area (Å²) in [5.41, 5.74) is 0.971. The predicted octanol–water partition coefficient (Wildman–Crippen LogP) is 1.80. The van der Waals surface area contributed by atoms with Crippen molar-refractivity contribution in [3.8, 4) is 5.88 Å². The van der Waals surface area contributed by atoms with Crippen molar-refractivity contribution in [2.24, 2.45) is 4.99 Å². The lowest BCUT2D eigenvalue weighted by Gasteiger charge is -2.11. The molecule has 0 aliphatic heterocycles. The number of guanidine groups is 1. The van der Waals surface area contributed by atoms with Gasteiger partial charge in [-0.1, -0.05) is 6.07 Å². The van der Waals surface area contributed by atoms with Crippen LogP contribution in [0.2, 0.25) is 0 Å². The number of methoxy groups -OCH3 is 1. The largest absolute Gasteiger partial charge is 0.478 e. The monoisotopic (exact) mass is 408 g/mol. The molecule has 0 saturated heterocycles. The Bertz CT molecular complexity index is 416. The Balaban J connectivity index is 0.00000400. The van der Waals surface area contributed by atoms with E-state index in [1.165, 1.54) is 0 Å². The molecule has 0 aromatic carbocycles. The smallest absolute Gasteiger partial charge is 0.218 e. The highest BCUT2D eigenvalue weighted by Crippen LogP contribution is 2.14. The van der Waals surface area contributed by atoms with Crippen LogP contribution in [0.5, 0.6) is 5.88 Å². The lowest BCUT2D eigenvalue weighted by Crippen LogP contribution is -2.38. The minimum absolute atomic E-state index is 0. The van der Waals surface area contributed by atoms with Gasteiger partial charge in [0.25, 0.3) is 0 Å². The highest BCUT2D eigenvalue weighted by molar-refractivity contribution is 14.0. The zero-order valence-corrected chi connectivity index (χ0v) is 15.2. The van der Waals surface area contributed by atoms with Crippen molar-refractivity contribution in [3.63, 3.8) is 0 Å². The molecule has 0 aliphatic carbocycles. The second-order valence-corrected chi connectivity index (χ2v) is 4.02. The number of hydrogen-bond acceptors (Lipinski definition) is 4. The van der Waals surface area contributed by atoms with E-state index >= 15 is 0 Å². The van der Waals surface area contributed by atoms with Gasteiger partial charge in [0.15, 0.2) is 5.96 Å². The van der Waals surface area contributed by atoms with Gasteiger partial charge in [-0.2, -0.15) is 0 Å². The number of nitrogens with zero attached hydrogens (tertiary/aromatic N) is 2. The third-order valence-corrected chi connectivity index (χ3v) is 2.48. The van der Waals surface area contributed by atoms with E-state index in [2.05, 4.69) is 20.6 Å². The van der Waals surface area contributed by atoms with Crippen LogP contribution in [0.3, 0.4) is 0 Å². The van der Waals surface area contributed by atoms with E-state index < -0.39 is 0 Å². The molecule has 0 fully saturated rings. The highest BCUT2D eigenvalue weighted by Gasteiger charge is 2.04. The molecule has 0 unspecified atom stereocenters. The molecular weight excluding hydrogens is 383 g/mol. The fourth-order valence-corrected chi connectivity index (χ4v) is 1.59. The molecule has 120 valence electrons. The van der Waals surface area contributed by atoms with Gasteiger partial charge in [-0.25, -0.2) is 9.98 Å². The Hall–Kier alpha value is -1.09. The van der Waals surface area contributed by atoms with Crippen LogP contribution < -0.4 is 15.4 Å². The van der Waals surface area contributed by atoms with Gasteiger partial charge in [0.1, 0.15) is 0 Å². The summed E-state index contributed by atoms with van der Waals surface area (Å²) in [7, 11) is 1.68. The van der Waals surface area contributed by atoms with Gasteiger partial charge in [-0.05, 0) is 19.9 Å². The highest BCUT2D eigenvalue weighted by atomic mass is 127. The van der Waals surface area contributed by atoms with E-state index in [0.29, 0.717) is 32.2 Å². The van der Waals surface area contributed by atoms with E-state index in [4.69, 9.17) is 9.47 Å². The maximum Gasteiger partial charge on any atom is 0.218 e. The lowest BCUT2D eigenvalue weighted by molar-refractivity contribution is 0.203. The zero-order chi connectivity index (χ0) is 14.6. The van der Waals surface area contributed by atoms with Gasteiger partial charge >= 0.3 is 0 Å². The van der Waals surface area contributed by atoms with Crippen molar-refractivity contribution in [1.82, 2.24) is 15.6 Å². The topological polar surface area (TPSA) is 67.8 Å². The first kappa shape index (κ1) is 19.9. The summed E-state index contributed by atoms with van der Waals surface area (Å²) >= 11 is 0. The van der Waals surface area contributed by atoms with Gasteiger partial charge in [0.2, 0.25) is 5.88 Å². The molecule has 7 heteroatoms. The van der Waals surface area contributed by atoms with Crippen LogP contribution in [0, 0.1) is 0 Å². The molecule has 0 amide bonds. The molecule has 1 rings (SSSR count). The van der Waals surface area contributed by atoms with Gasteiger partial charge in [-0.3, -0.25) is 0 Å². The van der Waals surface area contributed by atoms with Crippen LogP contribution in [0.4, 0.5) is 0 Å². The van der Waals surface area contributed by atoms with Crippen LogP contribution in [-0.2, 0) is 11.3 Å². The first-order valence-corrected chi connectivity index (χ1v) is 6.89. The number of aliphatic imine (C=N–C) groups is 1. The van der Waals surface area contributed by atoms with Crippen molar-refractivity contribution >= 4 is 29.9 Å². The molecule has 1 aromatic heterocycles. The van der Waals surface area contributed by atoms with Crippen LogP contribution >= 0.6 is 24.0 Å². The van der Waals surface area contributed by atoms with Crippen LogP contribution in [0.25, 0.3) is 0 Å². The molecular formula is C14H25IN4O2. The molecule has 0 spiro atoms. The number of hydrogen-bond donors (Lipinski definition) is 2. The first-order valence-electron chi connectivity index (χ1n) is 6.89. The van der Waals surface area contributed by atoms with Crippen LogP contribution in [0.15, 0.2) is 23.3 Å².